The molecule has 0 spiro atoms. The minimum absolute atomic E-state index is 0.209. The Hall–Kier alpha value is -2.36. The number of thiophene rings is 1. The molecule has 28 heavy (non-hydrogen) atoms. The van der Waals surface area contributed by atoms with Crippen molar-refractivity contribution in [1.82, 2.24) is 0 Å². The number of hydrogen-bond acceptors (Lipinski definition) is 5. The minimum atomic E-state index is -3.59. The molecule has 0 aliphatic carbocycles. The van der Waals surface area contributed by atoms with Gasteiger partial charge in [-0.3, -0.25) is 9.52 Å². The van der Waals surface area contributed by atoms with Crippen LogP contribution in [0.25, 0.3) is 0 Å². The summed E-state index contributed by atoms with van der Waals surface area (Å²) in [4.78, 5) is 13.1. The maximum Gasteiger partial charge on any atom is 0.271 e. The van der Waals surface area contributed by atoms with E-state index in [0.29, 0.717) is 11.4 Å². The first-order valence-corrected chi connectivity index (χ1v) is 11.5. The molecule has 1 atom stereocenters. The van der Waals surface area contributed by atoms with Gasteiger partial charge in [0, 0.05) is 16.3 Å². The van der Waals surface area contributed by atoms with Crippen LogP contribution in [-0.4, -0.2) is 19.6 Å². The van der Waals surface area contributed by atoms with Crippen molar-refractivity contribution in [2.75, 3.05) is 10.0 Å². The number of halogens is 1. The largest absolute Gasteiger partial charge is 0.325 e. The van der Waals surface area contributed by atoms with E-state index in [1.165, 1.54) is 36.0 Å². The number of carbonyl (C=O) groups excluding carboxylic acids is 1. The van der Waals surface area contributed by atoms with Gasteiger partial charge in [0.1, 0.15) is 10.0 Å². The maximum absolute atomic E-state index is 12.9. The van der Waals surface area contributed by atoms with Crippen LogP contribution in [0.1, 0.15) is 6.92 Å². The molecule has 1 amide bonds. The molecule has 0 aliphatic rings. The molecule has 2 aromatic carbocycles. The van der Waals surface area contributed by atoms with Crippen LogP contribution in [0.5, 0.6) is 0 Å². The number of rotatable bonds is 7. The summed E-state index contributed by atoms with van der Waals surface area (Å²) in [5.74, 6) is -0.575. The maximum atomic E-state index is 12.9. The number of carbonyl (C=O) groups is 1. The summed E-state index contributed by atoms with van der Waals surface area (Å²) >= 11 is 2.48. The third-order valence-electron chi connectivity index (χ3n) is 3.66. The van der Waals surface area contributed by atoms with Crippen molar-refractivity contribution in [3.8, 4) is 0 Å². The van der Waals surface area contributed by atoms with Crippen LogP contribution in [0.4, 0.5) is 15.8 Å². The zero-order valence-corrected chi connectivity index (χ0v) is 17.2. The molecule has 0 aliphatic heterocycles. The number of amides is 1. The number of thioether (sulfide) groups is 1. The molecule has 0 saturated carbocycles. The molecule has 5 nitrogen and oxygen atoms in total. The molecule has 0 fully saturated rings. The summed E-state index contributed by atoms with van der Waals surface area (Å²) in [5.41, 5.74) is 0.971. The molecule has 1 heterocycles. The van der Waals surface area contributed by atoms with Gasteiger partial charge in [-0.1, -0.05) is 6.07 Å². The molecule has 3 aromatic rings. The van der Waals surface area contributed by atoms with E-state index in [2.05, 4.69) is 10.0 Å². The first kappa shape index (κ1) is 20.4. The lowest BCUT2D eigenvalue weighted by Gasteiger charge is -2.13. The van der Waals surface area contributed by atoms with Gasteiger partial charge in [-0.2, -0.15) is 0 Å². The van der Waals surface area contributed by atoms with Crippen molar-refractivity contribution in [2.45, 2.75) is 21.3 Å². The van der Waals surface area contributed by atoms with Crippen LogP contribution < -0.4 is 10.0 Å². The van der Waals surface area contributed by atoms with E-state index in [4.69, 9.17) is 0 Å². The highest BCUT2D eigenvalue weighted by atomic mass is 32.2. The van der Waals surface area contributed by atoms with E-state index in [-0.39, 0.29) is 15.9 Å². The van der Waals surface area contributed by atoms with Crippen LogP contribution in [-0.2, 0) is 14.8 Å². The molecule has 1 aromatic heterocycles. The number of anilines is 2. The molecule has 9 heteroatoms. The molecule has 0 radical (unpaired) electrons. The van der Waals surface area contributed by atoms with Gasteiger partial charge in [-0.25, -0.2) is 12.8 Å². The predicted octanol–water partition coefficient (Wildman–Crippen LogP) is 4.81. The summed E-state index contributed by atoms with van der Waals surface area (Å²) in [6, 6.07) is 15.6. The van der Waals surface area contributed by atoms with Gasteiger partial charge < -0.3 is 5.32 Å². The van der Waals surface area contributed by atoms with Crippen molar-refractivity contribution < 1.29 is 17.6 Å². The number of nitrogens with one attached hydrogen (secondary N) is 2. The lowest BCUT2D eigenvalue weighted by Crippen LogP contribution is -2.22. The van der Waals surface area contributed by atoms with Crippen molar-refractivity contribution in [3.05, 3.63) is 71.9 Å². The second-order valence-electron chi connectivity index (χ2n) is 5.82. The second-order valence-corrected chi connectivity index (χ2v) is 10.1. The topological polar surface area (TPSA) is 75.3 Å². The van der Waals surface area contributed by atoms with Gasteiger partial charge in [-0.15, -0.1) is 23.1 Å². The SMILES string of the molecule is CC(Sc1ccc(NS(=O)(=O)c2cccs2)cc1)C(=O)Nc1ccc(F)cc1. The van der Waals surface area contributed by atoms with Gasteiger partial charge in [0.2, 0.25) is 5.91 Å². The molecule has 1 unspecified atom stereocenters. The van der Waals surface area contributed by atoms with Gasteiger partial charge in [0.15, 0.2) is 0 Å². The fraction of sp³-hybridized carbons (Fsp3) is 0.105. The highest BCUT2D eigenvalue weighted by Crippen LogP contribution is 2.27. The van der Waals surface area contributed by atoms with E-state index in [1.807, 2.05) is 0 Å². The third-order valence-corrected chi connectivity index (χ3v) is 7.55. The van der Waals surface area contributed by atoms with Crippen molar-refractivity contribution in [1.29, 1.82) is 0 Å². The Labute approximate surface area is 171 Å². The molecule has 146 valence electrons. The summed E-state index contributed by atoms with van der Waals surface area (Å²) in [6.45, 7) is 1.76. The Balaban J connectivity index is 1.59. The summed E-state index contributed by atoms with van der Waals surface area (Å²) in [5, 5.41) is 4.04. The summed E-state index contributed by atoms with van der Waals surface area (Å²) in [6.07, 6.45) is 0. The van der Waals surface area contributed by atoms with Crippen LogP contribution in [0.3, 0.4) is 0 Å². The Morgan fingerprint density at radius 3 is 2.29 bits per heavy atom. The summed E-state index contributed by atoms with van der Waals surface area (Å²) in [7, 11) is -3.59. The monoisotopic (exact) mass is 436 g/mol. The normalized spacial score (nSPS) is 12.4. The quantitative estimate of drug-likeness (QED) is 0.522. The van der Waals surface area contributed by atoms with E-state index < -0.39 is 15.3 Å². The zero-order chi connectivity index (χ0) is 20.1. The molecular formula is C19H17FN2O3S3. The van der Waals surface area contributed by atoms with Crippen LogP contribution >= 0.6 is 23.1 Å². The van der Waals surface area contributed by atoms with E-state index in [1.54, 1.807) is 48.7 Å². The Morgan fingerprint density at radius 1 is 1.04 bits per heavy atom. The standard InChI is InChI=1S/C19H17FN2O3S3/c1-13(19(23)21-15-6-4-14(20)5-7-15)27-17-10-8-16(9-11-17)22-28(24,25)18-3-2-12-26-18/h2-13,22H,1H3,(H,21,23). The Bertz CT molecular complexity index is 1040. The van der Waals surface area contributed by atoms with Crippen molar-refractivity contribution in [3.63, 3.8) is 0 Å². The third kappa shape index (κ3) is 5.34. The van der Waals surface area contributed by atoms with Crippen LogP contribution in [0, 0.1) is 5.82 Å². The lowest BCUT2D eigenvalue weighted by molar-refractivity contribution is -0.115. The average Bonchev–Trinajstić information content (AvgIpc) is 3.21. The number of benzene rings is 2. The molecular weight excluding hydrogens is 419 g/mol. The predicted molar refractivity (Wildman–Crippen MR) is 112 cm³/mol. The fourth-order valence-corrected chi connectivity index (χ4v) is 5.18. The van der Waals surface area contributed by atoms with Crippen LogP contribution in [0.2, 0.25) is 0 Å². The van der Waals surface area contributed by atoms with E-state index in [0.717, 1.165) is 16.2 Å². The molecule has 3 rings (SSSR count). The van der Waals surface area contributed by atoms with Crippen LogP contribution in [0.15, 0.2) is 75.1 Å². The first-order valence-electron chi connectivity index (χ1n) is 8.23. The molecule has 0 saturated heterocycles. The second kappa shape index (κ2) is 8.76. The van der Waals surface area contributed by atoms with E-state index in [9.17, 15) is 17.6 Å². The molecule has 0 bridgehead atoms. The van der Waals surface area contributed by atoms with Gasteiger partial charge in [0.05, 0.1) is 5.25 Å². The van der Waals surface area contributed by atoms with Gasteiger partial charge in [-0.05, 0) is 66.9 Å². The lowest BCUT2D eigenvalue weighted by atomic mass is 10.3. The summed E-state index contributed by atoms with van der Waals surface area (Å²) < 4.78 is 40.2. The average molecular weight is 437 g/mol. The first-order chi connectivity index (χ1) is 13.3. The highest BCUT2D eigenvalue weighted by molar-refractivity contribution is 8.00. The van der Waals surface area contributed by atoms with E-state index >= 15 is 0 Å². The van der Waals surface area contributed by atoms with Crippen molar-refractivity contribution >= 4 is 50.4 Å². The van der Waals surface area contributed by atoms with Gasteiger partial charge >= 0.3 is 0 Å². The highest BCUT2D eigenvalue weighted by Gasteiger charge is 2.17. The molecule has 2 N–H and O–H groups in total. The minimum Gasteiger partial charge on any atom is -0.325 e. The number of sulfonamides is 1. The number of hydrogen-bond donors (Lipinski definition) is 2. The van der Waals surface area contributed by atoms with Gasteiger partial charge in [0.25, 0.3) is 10.0 Å². The van der Waals surface area contributed by atoms with Crippen molar-refractivity contribution in [2.24, 2.45) is 0 Å². The zero-order valence-electron chi connectivity index (χ0n) is 14.8. The Kier molecular flexibility index (Phi) is 6.38. The fourth-order valence-electron chi connectivity index (χ4n) is 2.26. The smallest absolute Gasteiger partial charge is 0.271 e. The Morgan fingerprint density at radius 2 is 1.68 bits per heavy atom.